The highest BCUT2D eigenvalue weighted by molar-refractivity contribution is 5.88. The van der Waals surface area contributed by atoms with E-state index in [-0.39, 0.29) is 22.3 Å². The highest BCUT2D eigenvalue weighted by atomic mass is 16.7. The van der Waals surface area contributed by atoms with Crippen molar-refractivity contribution in [2.24, 2.45) is 0 Å². The van der Waals surface area contributed by atoms with Gasteiger partial charge in [-0.3, -0.25) is 4.79 Å². The topological polar surface area (TPSA) is 218 Å². The second kappa shape index (κ2) is 11.5. The average Bonchev–Trinajstić information content (AvgIpc) is 3.26. The number of aliphatic hydroxyl groups excluding tert-OH is 5. The number of benzene rings is 2. The Morgan fingerprint density at radius 2 is 1.73 bits per heavy atom. The molecule has 5 rings (SSSR count). The second-order valence-electron chi connectivity index (χ2n) is 9.87. The summed E-state index contributed by atoms with van der Waals surface area (Å²) < 4.78 is 32.5. The number of rotatable bonds is 8. The van der Waals surface area contributed by atoms with Crippen LogP contribution in [0.5, 0.6) is 17.2 Å². The minimum absolute atomic E-state index is 0.0308. The number of fused-ring (bicyclic) bond motifs is 1. The van der Waals surface area contributed by atoms with Crippen LogP contribution in [0.2, 0.25) is 0 Å². The molecule has 1 aromatic heterocycles. The largest absolute Gasteiger partial charge is 0.507 e. The first-order chi connectivity index (χ1) is 19.6. The van der Waals surface area contributed by atoms with Crippen molar-refractivity contribution in [3.05, 3.63) is 52.9 Å². The Morgan fingerprint density at radius 1 is 1.00 bits per heavy atom. The van der Waals surface area contributed by atoms with Crippen LogP contribution in [-0.2, 0) is 14.2 Å². The Balaban J connectivity index is 1.33. The summed E-state index contributed by atoms with van der Waals surface area (Å²) in [6.45, 7) is -1.65. The normalized spacial score (nSPS) is 31.8. The Hall–Kier alpha value is -3.31. The molecule has 2 fully saturated rings. The SMILES string of the molecule is COc1ccc(-c2coc3cc(O[C@@H]4O[C@H](CO[C@@H]5OC[C@@](O)(CO)[C@@H]5O)[C@H](O)[C@H](O)[C@H]4O)cc(O)c3c2=O)cc1. The van der Waals surface area contributed by atoms with Gasteiger partial charge in [-0.25, -0.2) is 0 Å². The molecule has 2 aliphatic heterocycles. The third kappa shape index (κ3) is 5.49. The fourth-order valence-electron chi connectivity index (χ4n) is 4.66. The van der Waals surface area contributed by atoms with E-state index in [1.54, 1.807) is 24.3 Å². The molecule has 222 valence electrons. The van der Waals surface area contributed by atoms with Gasteiger partial charge in [0.05, 0.1) is 32.5 Å². The van der Waals surface area contributed by atoms with Crippen LogP contribution < -0.4 is 14.9 Å². The highest BCUT2D eigenvalue weighted by Crippen LogP contribution is 2.33. The molecule has 0 spiro atoms. The zero-order valence-electron chi connectivity index (χ0n) is 21.7. The second-order valence-corrected chi connectivity index (χ2v) is 9.87. The van der Waals surface area contributed by atoms with Gasteiger partial charge in [0.1, 0.15) is 70.6 Å². The molecule has 0 radical (unpaired) electrons. The van der Waals surface area contributed by atoms with Crippen LogP contribution in [0, 0.1) is 0 Å². The fourth-order valence-corrected chi connectivity index (χ4v) is 4.66. The predicted octanol–water partition coefficient (Wildman–Crippen LogP) is -1.18. The van der Waals surface area contributed by atoms with Gasteiger partial charge in [0.25, 0.3) is 0 Å². The van der Waals surface area contributed by atoms with Crippen LogP contribution in [0.25, 0.3) is 22.1 Å². The standard InChI is InChI=1S/C27H30O14/c1-36-13-4-2-12(3-5-13)15-8-37-17-7-14(6-16(29)19(17)20(15)30)40-25-23(33)22(32)21(31)18(41-25)9-38-26-24(34)27(35,10-28)11-39-26/h2-8,18,21-26,28-29,31-35H,9-11H2,1H3/t18-,21+,22+,23-,24-,25-,26-,27+/m1/s1. The number of methoxy groups -OCH3 is 1. The lowest BCUT2D eigenvalue weighted by Gasteiger charge is -2.40. The summed E-state index contributed by atoms with van der Waals surface area (Å²) >= 11 is 0. The maximum Gasteiger partial charge on any atom is 0.229 e. The molecule has 3 heterocycles. The van der Waals surface area contributed by atoms with Crippen molar-refractivity contribution in [1.82, 2.24) is 0 Å². The third-order valence-electron chi connectivity index (χ3n) is 7.16. The molecular weight excluding hydrogens is 548 g/mol. The zero-order valence-corrected chi connectivity index (χ0v) is 21.7. The summed E-state index contributed by atoms with van der Waals surface area (Å²) in [5, 5.41) is 71.3. The summed E-state index contributed by atoms with van der Waals surface area (Å²) in [6.07, 6.45) is -9.73. The molecule has 0 amide bonds. The smallest absolute Gasteiger partial charge is 0.229 e. The van der Waals surface area contributed by atoms with Crippen molar-refractivity contribution in [2.45, 2.75) is 48.7 Å². The maximum atomic E-state index is 13.2. The van der Waals surface area contributed by atoms with Crippen molar-refractivity contribution in [3.63, 3.8) is 0 Å². The van der Waals surface area contributed by atoms with Gasteiger partial charge in [0.15, 0.2) is 6.29 Å². The summed E-state index contributed by atoms with van der Waals surface area (Å²) in [6, 6.07) is 9.07. The molecule has 0 saturated carbocycles. The molecule has 41 heavy (non-hydrogen) atoms. The lowest BCUT2D eigenvalue weighted by atomic mass is 9.99. The molecule has 7 N–H and O–H groups in total. The fraction of sp³-hybridized carbons (Fsp3) is 0.444. The molecule has 14 nitrogen and oxygen atoms in total. The first kappa shape index (κ1) is 29.2. The van der Waals surface area contributed by atoms with Gasteiger partial charge in [0, 0.05) is 12.1 Å². The van der Waals surface area contributed by atoms with Gasteiger partial charge in [-0.2, -0.15) is 0 Å². The Labute approximate surface area is 232 Å². The van der Waals surface area contributed by atoms with Gasteiger partial charge in [-0.15, -0.1) is 0 Å². The summed E-state index contributed by atoms with van der Waals surface area (Å²) in [4.78, 5) is 13.2. The zero-order chi connectivity index (χ0) is 29.5. The van der Waals surface area contributed by atoms with Gasteiger partial charge in [0.2, 0.25) is 11.7 Å². The number of aliphatic hydroxyl groups is 6. The highest BCUT2D eigenvalue weighted by Gasteiger charge is 2.50. The lowest BCUT2D eigenvalue weighted by molar-refractivity contribution is -0.289. The van der Waals surface area contributed by atoms with Crippen molar-refractivity contribution < 1.29 is 63.8 Å². The third-order valence-corrected chi connectivity index (χ3v) is 7.16. The van der Waals surface area contributed by atoms with E-state index in [0.29, 0.717) is 11.3 Å². The number of hydrogen-bond acceptors (Lipinski definition) is 14. The van der Waals surface area contributed by atoms with Crippen molar-refractivity contribution in [3.8, 4) is 28.4 Å². The van der Waals surface area contributed by atoms with E-state index in [2.05, 4.69) is 0 Å². The van der Waals surface area contributed by atoms with Gasteiger partial charge in [-0.1, -0.05) is 12.1 Å². The predicted molar refractivity (Wildman–Crippen MR) is 137 cm³/mol. The van der Waals surface area contributed by atoms with Crippen LogP contribution in [0.3, 0.4) is 0 Å². The van der Waals surface area contributed by atoms with Crippen LogP contribution in [-0.4, -0.2) is 111 Å². The molecule has 3 aromatic rings. The van der Waals surface area contributed by atoms with Gasteiger partial charge < -0.3 is 63.8 Å². The number of hydrogen-bond donors (Lipinski definition) is 7. The molecular formula is C27H30O14. The minimum Gasteiger partial charge on any atom is -0.507 e. The molecule has 2 saturated heterocycles. The van der Waals surface area contributed by atoms with Crippen molar-refractivity contribution in [2.75, 3.05) is 26.9 Å². The molecule has 0 aliphatic carbocycles. The van der Waals surface area contributed by atoms with Gasteiger partial charge in [-0.05, 0) is 17.7 Å². The van der Waals surface area contributed by atoms with E-state index in [4.69, 9.17) is 28.1 Å². The van der Waals surface area contributed by atoms with Crippen LogP contribution >= 0.6 is 0 Å². The Morgan fingerprint density at radius 3 is 2.39 bits per heavy atom. The van der Waals surface area contributed by atoms with Crippen molar-refractivity contribution >= 4 is 11.0 Å². The summed E-state index contributed by atoms with van der Waals surface area (Å²) in [5.41, 5.74) is -1.73. The van der Waals surface area contributed by atoms with Gasteiger partial charge >= 0.3 is 0 Å². The lowest BCUT2D eigenvalue weighted by Crippen LogP contribution is -2.60. The quantitative estimate of drug-likeness (QED) is 0.167. The monoisotopic (exact) mass is 578 g/mol. The molecule has 2 aromatic carbocycles. The van der Waals surface area contributed by atoms with E-state index in [9.17, 15) is 40.5 Å². The van der Waals surface area contributed by atoms with Crippen molar-refractivity contribution in [1.29, 1.82) is 0 Å². The molecule has 0 unspecified atom stereocenters. The molecule has 8 atom stereocenters. The summed E-state index contributed by atoms with van der Waals surface area (Å²) in [5.74, 6) is 0.0294. The molecule has 2 aliphatic rings. The average molecular weight is 579 g/mol. The van der Waals surface area contributed by atoms with E-state index < -0.39 is 79.7 Å². The minimum atomic E-state index is -1.93. The first-order valence-electron chi connectivity index (χ1n) is 12.6. The van der Waals surface area contributed by atoms with E-state index in [0.717, 1.165) is 6.07 Å². The number of ether oxygens (including phenoxy) is 5. The van der Waals surface area contributed by atoms with E-state index in [1.807, 2.05) is 0 Å². The maximum absolute atomic E-state index is 13.2. The van der Waals surface area contributed by atoms with Crippen LogP contribution in [0.1, 0.15) is 0 Å². The number of aromatic hydroxyl groups is 1. The van der Waals surface area contributed by atoms with E-state index >= 15 is 0 Å². The summed E-state index contributed by atoms with van der Waals surface area (Å²) in [7, 11) is 1.52. The molecule has 0 bridgehead atoms. The Kier molecular flexibility index (Phi) is 8.20. The first-order valence-corrected chi connectivity index (χ1v) is 12.6. The Bertz CT molecular complexity index is 1420. The molecule has 14 heteroatoms. The van der Waals surface area contributed by atoms with E-state index in [1.165, 1.54) is 19.4 Å². The number of phenolic OH excluding ortho intramolecular Hbond substituents is 1. The van der Waals surface area contributed by atoms with Crippen LogP contribution in [0.15, 0.2) is 51.9 Å². The van der Waals surface area contributed by atoms with Crippen LogP contribution in [0.4, 0.5) is 0 Å². The number of phenols is 1.